The molecule has 0 aromatic heterocycles. The molecule has 2 N–H and O–H groups in total. The van der Waals surface area contributed by atoms with Gasteiger partial charge in [-0.05, 0) is 12.5 Å². The van der Waals surface area contributed by atoms with Crippen LogP contribution in [0, 0.1) is 0 Å². The summed E-state index contributed by atoms with van der Waals surface area (Å²) < 4.78 is 0. The molecule has 0 atom stereocenters. The molecule has 0 unspecified atom stereocenters. The molecule has 0 saturated carbocycles. The van der Waals surface area contributed by atoms with Crippen molar-refractivity contribution in [1.82, 2.24) is 10.6 Å². The molecule has 12 heavy (non-hydrogen) atoms. The van der Waals surface area contributed by atoms with Crippen LogP contribution in [0.15, 0.2) is 12.3 Å². The Morgan fingerprint density at radius 3 is 2.33 bits per heavy atom. The lowest BCUT2D eigenvalue weighted by atomic mass is 10.4. The predicted molar refractivity (Wildman–Crippen MR) is 44.4 cm³/mol. The molecule has 1 saturated heterocycles. The van der Waals surface area contributed by atoms with Crippen LogP contribution in [0.2, 0.25) is 0 Å². The second kappa shape index (κ2) is 4.54. The van der Waals surface area contributed by atoms with E-state index in [1.54, 1.807) is 6.20 Å². The highest BCUT2D eigenvalue weighted by molar-refractivity contribution is 5.93. The van der Waals surface area contributed by atoms with Crippen LogP contribution in [-0.4, -0.2) is 24.8 Å². The van der Waals surface area contributed by atoms with Crippen molar-refractivity contribution in [3.8, 4) is 0 Å². The first-order valence-electron chi connectivity index (χ1n) is 3.98. The number of hydrogen-bond donors (Lipinski definition) is 2. The minimum atomic E-state index is 0.162. The van der Waals surface area contributed by atoms with E-state index in [0.29, 0.717) is 6.54 Å². The zero-order valence-electron chi connectivity index (χ0n) is 6.80. The second-order valence-electron chi connectivity index (χ2n) is 2.63. The molecule has 66 valence electrons. The summed E-state index contributed by atoms with van der Waals surface area (Å²) in [5, 5.41) is 5.42. The summed E-state index contributed by atoms with van der Waals surface area (Å²) in [6, 6.07) is 0. The van der Waals surface area contributed by atoms with Crippen LogP contribution in [0.5, 0.6) is 0 Å². The summed E-state index contributed by atoms with van der Waals surface area (Å²) in [4.78, 5) is 20.2. The van der Waals surface area contributed by atoms with Gasteiger partial charge in [0.1, 0.15) is 0 Å². The van der Waals surface area contributed by atoms with Crippen molar-refractivity contribution in [3.05, 3.63) is 12.3 Å². The van der Waals surface area contributed by atoms with Gasteiger partial charge in [0.15, 0.2) is 5.78 Å². The summed E-state index contributed by atoms with van der Waals surface area (Å²) in [7, 11) is 0. The van der Waals surface area contributed by atoms with Crippen molar-refractivity contribution in [2.75, 3.05) is 13.1 Å². The fourth-order valence-electron chi connectivity index (χ4n) is 0.935. The summed E-state index contributed by atoms with van der Waals surface area (Å²) in [5.41, 5.74) is 0. The van der Waals surface area contributed by atoms with Gasteiger partial charge in [-0.2, -0.15) is 0 Å². The number of rotatable bonds is 0. The van der Waals surface area contributed by atoms with Crippen LogP contribution in [0.1, 0.15) is 12.8 Å². The van der Waals surface area contributed by atoms with Gasteiger partial charge in [0, 0.05) is 19.2 Å². The molecule has 0 radical (unpaired) electrons. The lowest BCUT2D eigenvalue weighted by molar-refractivity contribution is -0.119. The predicted octanol–water partition coefficient (Wildman–Crippen LogP) is -0.431. The molecule has 0 bridgehead atoms. The molecule has 2 heterocycles. The fourth-order valence-corrected chi connectivity index (χ4v) is 0.935. The van der Waals surface area contributed by atoms with Gasteiger partial charge in [0.05, 0.1) is 6.54 Å². The van der Waals surface area contributed by atoms with E-state index < -0.39 is 0 Å². The maximum Gasteiger partial charge on any atom is 0.220 e. The van der Waals surface area contributed by atoms with Crippen LogP contribution in [-0.2, 0) is 9.59 Å². The Balaban J connectivity index is 0.000000120. The van der Waals surface area contributed by atoms with Gasteiger partial charge in [-0.15, -0.1) is 0 Å². The molecule has 1 amide bonds. The van der Waals surface area contributed by atoms with Crippen molar-refractivity contribution in [2.45, 2.75) is 12.8 Å². The number of amides is 1. The SMILES string of the molecule is O=C1C=CNC1.O=C1CCCN1. The first-order chi connectivity index (χ1) is 5.79. The normalized spacial score (nSPS) is 19.7. The number of carbonyl (C=O) groups excluding carboxylic acids is 2. The Labute approximate surface area is 71.0 Å². The summed E-state index contributed by atoms with van der Waals surface area (Å²) in [6.07, 6.45) is 4.95. The highest BCUT2D eigenvalue weighted by atomic mass is 16.1. The van der Waals surface area contributed by atoms with E-state index in [9.17, 15) is 9.59 Å². The Hall–Kier alpha value is -1.32. The van der Waals surface area contributed by atoms with E-state index in [1.165, 1.54) is 6.08 Å². The highest BCUT2D eigenvalue weighted by Crippen LogP contribution is 1.93. The third-order valence-corrected chi connectivity index (χ3v) is 1.57. The number of nitrogens with one attached hydrogen (secondary N) is 2. The largest absolute Gasteiger partial charge is 0.383 e. The van der Waals surface area contributed by atoms with Crippen LogP contribution in [0.3, 0.4) is 0 Å². The molecule has 2 aliphatic heterocycles. The van der Waals surface area contributed by atoms with Gasteiger partial charge in [0.25, 0.3) is 0 Å². The van der Waals surface area contributed by atoms with Gasteiger partial charge in [-0.25, -0.2) is 0 Å². The van der Waals surface area contributed by atoms with Crippen LogP contribution in [0.4, 0.5) is 0 Å². The number of ketones is 1. The lowest BCUT2D eigenvalue weighted by Gasteiger charge is -1.80. The number of carbonyl (C=O) groups is 2. The van der Waals surface area contributed by atoms with Crippen molar-refractivity contribution >= 4 is 11.7 Å². The average Bonchev–Trinajstić information content (AvgIpc) is 2.63. The van der Waals surface area contributed by atoms with Crippen molar-refractivity contribution in [3.63, 3.8) is 0 Å². The summed E-state index contributed by atoms with van der Waals surface area (Å²) in [6.45, 7) is 1.37. The Morgan fingerprint density at radius 2 is 2.17 bits per heavy atom. The quantitative estimate of drug-likeness (QED) is 0.516. The maximum absolute atomic E-state index is 10.1. The summed E-state index contributed by atoms with van der Waals surface area (Å²) in [5.74, 6) is 0.366. The van der Waals surface area contributed by atoms with Gasteiger partial charge < -0.3 is 10.6 Å². The van der Waals surface area contributed by atoms with E-state index in [0.717, 1.165) is 19.4 Å². The molecule has 2 aliphatic rings. The molecule has 0 aromatic carbocycles. The minimum Gasteiger partial charge on any atom is -0.383 e. The molecule has 4 heteroatoms. The molecule has 4 nitrogen and oxygen atoms in total. The van der Waals surface area contributed by atoms with Gasteiger partial charge >= 0.3 is 0 Å². The van der Waals surface area contributed by atoms with Crippen molar-refractivity contribution < 1.29 is 9.59 Å². The van der Waals surface area contributed by atoms with Crippen molar-refractivity contribution in [1.29, 1.82) is 0 Å². The van der Waals surface area contributed by atoms with Crippen LogP contribution < -0.4 is 10.6 Å². The first-order valence-corrected chi connectivity index (χ1v) is 3.98. The van der Waals surface area contributed by atoms with Gasteiger partial charge in [-0.1, -0.05) is 0 Å². The van der Waals surface area contributed by atoms with E-state index in [2.05, 4.69) is 10.6 Å². The summed E-state index contributed by atoms with van der Waals surface area (Å²) >= 11 is 0. The Bertz CT molecular complexity index is 203. The average molecular weight is 168 g/mol. The first kappa shape index (κ1) is 8.77. The second-order valence-corrected chi connectivity index (χ2v) is 2.63. The smallest absolute Gasteiger partial charge is 0.220 e. The molecule has 0 aromatic rings. The van der Waals surface area contributed by atoms with Crippen molar-refractivity contribution in [2.24, 2.45) is 0 Å². The third-order valence-electron chi connectivity index (χ3n) is 1.57. The van der Waals surface area contributed by atoms with Crippen LogP contribution >= 0.6 is 0 Å². The standard InChI is InChI=1S/C4H5NO.C4H7NO/c6-4-1-2-5-3-4;6-4-2-1-3-5-4/h1-2,5H,3H2;1-3H2,(H,5,6). The third kappa shape index (κ3) is 3.18. The fraction of sp³-hybridized carbons (Fsp3) is 0.500. The minimum absolute atomic E-state index is 0.162. The van der Waals surface area contributed by atoms with Gasteiger partial charge in [-0.3, -0.25) is 9.59 Å². The number of hydrogen-bond acceptors (Lipinski definition) is 3. The van der Waals surface area contributed by atoms with Gasteiger partial charge in [0.2, 0.25) is 5.91 Å². The van der Waals surface area contributed by atoms with Crippen LogP contribution in [0.25, 0.3) is 0 Å². The van der Waals surface area contributed by atoms with E-state index in [-0.39, 0.29) is 11.7 Å². The molecule has 1 fully saturated rings. The molecule has 0 spiro atoms. The lowest BCUT2D eigenvalue weighted by Crippen LogP contribution is -2.12. The van der Waals surface area contributed by atoms with E-state index in [1.807, 2.05) is 0 Å². The zero-order chi connectivity index (χ0) is 8.81. The highest BCUT2D eigenvalue weighted by Gasteiger charge is 2.05. The molecule has 2 rings (SSSR count). The zero-order valence-corrected chi connectivity index (χ0v) is 6.80. The Kier molecular flexibility index (Phi) is 3.32. The molecular formula is C8H12N2O2. The van der Waals surface area contributed by atoms with E-state index >= 15 is 0 Å². The Morgan fingerprint density at radius 1 is 1.33 bits per heavy atom. The molecule has 0 aliphatic carbocycles. The van der Waals surface area contributed by atoms with E-state index in [4.69, 9.17) is 0 Å². The topological polar surface area (TPSA) is 58.2 Å². The maximum atomic E-state index is 10.1. The molecular weight excluding hydrogens is 156 g/mol. The monoisotopic (exact) mass is 168 g/mol.